The highest BCUT2D eigenvalue weighted by molar-refractivity contribution is 7.93. The van der Waals surface area contributed by atoms with E-state index in [4.69, 9.17) is 5.73 Å². The molecule has 0 aliphatic carbocycles. The van der Waals surface area contributed by atoms with Gasteiger partial charge in [-0.05, 0) is 30.7 Å². The molecule has 1 aliphatic rings. The van der Waals surface area contributed by atoms with E-state index < -0.39 is 10.0 Å². The van der Waals surface area contributed by atoms with Crippen LogP contribution in [-0.2, 0) is 14.8 Å². The second kappa shape index (κ2) is 7.11. The van der Waals surface area contributed by atoms with Gasteiger partial charge in [0.1, 0.15) is 0 Å². The number of benzene rings is 1. The highest BCUT2D eigenvalue weighted by atomic mass is 35.5. The highest BCUT2D eigenvalue weighted by Crippen LogP contribution is 2.25. The monoisotopic (exact) mass is 333 g/mol. The van der Waals surface area contributed by atoms with Gasteiger partial charge in [-0.3, -0.25) is 9.10 Å². The number of nitrogens with zero attached hydrogens (tertiary/aromatic N) is 1. The van der Waals surface area contributed by atoms with Crippen LogP contribution in [0.1, 0.15) is 13.3 Å². The second-order valence-electron chi connectivity index (χ2n) is 4.91. The third-order valence-corrected chi connectivity index (χ3v) is 5.19. The van der Waals surface area contributed by atoms with E-state index in [1.165, 1.54) is 4.31 Å². The fourth-order valence-electron chi connectivity index (χ4n) is 2.01. The van der Waals surface area contributed by atoms with Crippen molar-refractivity contribution >= 4 is 39.7 Å². The first-order valence-corrected chi connectivity index (χ1v) is 8.16. The molecule has 2 rings (SSSR count). The molecule has 21 heavy (non-hydrogen) atoms. The van der Waals surface area contributed by atoms with E-state index in [2.05, 4.69) is 5.32 Å². The number of carbonyl (C=O) groups is 1. The van der Waals surface area contributed by atoms with E-state index in [1.54, 1.807) is 31.2 Å². The van der Waals surface area contributed by atoms with Gasteiger partial charge in [-0.25, -0.2) is 8.42 Å². The minimum atomic E-state index is -3.16. The van der Waals surface area contributed by atoms with Crippen LogP contribution < -0.4 is 15.4 Å². The normalized spacial score (nSPS) is 17.9. The van der Waals surface area contributed by atoms with Gasteiger partial charge in [0.05, 0.1) is 11.4 Å². The zero-order valence-corrected chi connectivity index (χ0v) is 13.4. The molecule has 0 radical (unpaired) electrons. The molecular formula is C13H20ClN3O3S. The van der Waals surface area contributed by atoms with E-state index in [0.29, 0.717) is 24.3 Å². The molecule has 1 aliphatic heterocycles. The highest BCUT2D eigenvalue weighted by Gasteiger charge is 2.28. The van der Waals surface area contributed by atoms with Crippen molar-refractivity contribution in [2.75, 3.05) is 28.5 Å². The van der Waals surface area contributed by atoms with Gasteiger partial charge in [0, 0.05) is 24.7 Å². The largest absolute Gasteiger partial charge is 0.330 e. The summed E-state index contributed by atoms with van der Waals surface area (Å²) in [6.07, 6.45) is 0.648. The predicted octanol–water partition coefficient (Wildman–Crippen LogP) is 1.18. The molecule has 6 nitrogen and oxygen atoms in total. The lowest BCUT2D eigenvalue weighted by Crippen LogP contribution is -2.27. The Morgan fingerprint density at radius 2 is 2.00 bits per heavy atom. The van der Waals surface area contributed by atoms with Crippen LogP contribution in [0.25, 0.3) is 0 Å². The number of nitrogens with two attached hydrogens (primary N) is 1. The number of halogens is 1. The van der Waals surface area contributed by atoms with Crippen LogP contribution in [-0.4, -0.2) is 33.2 Å². The fraction of sp³-hybridized carbons (Fsp3) is 0.462. The summed E-state index contributed by atoms with van der Waals surface area (Å²) in [5, 5.41) is 2.74. The number of sulfonamides is 1. The van der Waals surface area contributed by atoms with Gasteiger partial charge in [0.2, 0.25) is 15.9 Å². The third-order valence-electron chi connectivity index (χ3n) is 3.32. The van der Waals surface area contributed by atoms with Crippen LogP contribution in [0.3, 0.4) is 0 Å². The van der Waals surface area contributed by atoms with Crippen LogP contribution in [0, 0.1) is 5.92 Å². The smallest absolute Gasteiger partial charge is 0.235 e. The predicted molar refractivity (Wildman–Crippen MR) is 86.3 cm³/mol. The van der Waals surface area contributed by atoms with Crippen molar-refractivity contribution < 1.29 is 13.2 Å². The van der Waals surface area contributed by atoms with Crippen LogP contribution in [0.15, 0.2) is 24.3 Å². The van der Waals surface area contributed by atoms with Gasteiger partial charge < -0.3 is 11.1 Å². The van der Waals surface area contributed by atoms with Gasteiger partial charge in [-0.2, -0.15) is 0 Å². The van der Waals surface area contributed by atoms with E-state index >= 15 is 0 Å². The van der Waals surface area contributed by atoms with Crippen LogP contribution in [0.2, 0.25) is 0 Å². The van der Waals surface area contributed by atoms with Crippen molar-refractivity contribution in [3.63, 3.8) is 0 Å². The van der Waals surface area contributed by atoms with Gasteiger partial charge in [-0.15, -0.1) is 12.4 Å². The lowest BCUT2D eigenvalue weighted by molar-refractivity contribution is -0.119. The molecule has 1 aromatic rings. The summed E-state index contributed by atoms with van der Waals surface area (Å²) in [5.41, 5.74) is 6.70. The Kier molecular flexibility index (Phi) is 6.00. The van der Waals surface area contributed by atoms with E-state index in [1.807, 2.05) is 0 Å². The number of nitrogens with one attached hydrogen (secondary N) is 1. The molecule has 1 saturated heterocycles. The van der Waals surface area contributed by atoms with Crippen molar-refractivity contribution in [3.8, 4) is 0 Å². The van der Waals surface area contributed by atoms with E-state index in [9.17, 15) is 13.2 Å². The molecule has 8 heteroatoms. The van der Waals surface area contributed by atoms with Gasteiger partial charge >= 0.3 is 0 Å². The first-order valence-electron chi connectivity index (χ1n) is 6.55. The maximum atomic E-state index is 11.8. The van der Waals surface area contributed by atoms with Crippen molar-refractivity contribution in [1.29, 1.82) is 0 Å². The van der Waals surface area contributed by atoms with Gasteiger partial charge in [0.15, 0.2) is 0 Å². The second-order valence-corrected chi connectivity index (χ2v) is 6.93. The average Bonchev–Trinajstić information content (AvgIpc) is 2.78. The zero-order valence-electron chi connectivity index (χ0n) is 11.8. The maximum absolute atomic E-state index is 11.8. The van der Waals surface area contributed by atoms with Gasteiger partial charge in [0.25, 0.3) is 0 Å². The van der Waals surface area contributed by atoms with E-state index in [0.717, 1.165) is 0 Å². The van der Waals surface area contributed by atoms with Crippen LogP contribution in [0.5, 0.6) is 0 Å². The summed E-state index contributed by atoms with van der Waals surface area (Å²) in [7, 11) is -3.16. The SMILES string of the molecule is CC(CN)C(=O)Nc1ccc(N2CCCS2(=O)=O)cc1.Cl. The molecule has 1 atom stereocenters. The number of carbonyl (C=O) groups excluding carboxylic acids is 1. The maximum Gasteiger partial charge on any atom is 0.235 e. The number of hydrogen-bond donors (Lipinski definition) is 2. The van der Waals surface area contributed by atoms with Crippen LogP contribution >= 0.6 is 12.4 Å². The average molecular weight is 334 g/mol. The van der Waals surface area contributed by atoms with Crippen molar-refractivity contribution in [2.24, 2.45) is 11.7 Å². The Bertz CT molecular complexity index is 589. The van der Waals surface area contributed by atoms with Crippen molar-refractivity contribution in [2.45, 2.75) is 13.3 Å². The minimum Gasteiger partial charge on any atom is -0.330 e. The Morgan fingerprint density at radius 1 is 1.38 bits per heavy atom. The summed E-state index contributed by atoms with van der Waals surface area (Å²) in [4.78, 5) is 11.7. The molecule has 0 aromatic heterocycles. The van der Waals surface area contributed by atoms with E-state index in [-0.39, 0.29) is 36.5 Å². The molecule has 118 valence electrons. The molecular weight excluding hydrogens is 314 g/mol. The Labute approximate surface area is 131 Å². The number of hydrogen-bond acceptors (Lipinski definition) is 4. The molecule has 1 heterocycles. The lowest BCUT2D eigenvalue weighted by atomic mass is 10.1. The molecule has 0 spiro atoms. The number of anilines is 2. The summed E-state index contributed by atoms with van der Waals surface area (Å²) in [6, 6.07) is 6.80. The Morgan fingerprint density at radius 3 is 2.48 bits per heavy atom. The zero-order chi connectivity index (χ0) is 14.8. The summed E-state index contributed by atoms with van der Waals surface area (Å²) < 4.78 is 25.0. The molecule has 1 fully saturated rings. The first kappa shape index (κ1) is 17.7. The molecule has 0 saturated carbocycles. The molecule has 3 N–H and O–H groups in total. The summed E-state index contributed by atoms with van der Waals surface area (Å²) in [5.74, 6) is -0.206. The number of rotatable bonds is 4. The topological polar surface area (TPSA) is 92.5 Å². The van der Waals surface area contributed by atoms with Gasteiger partial charge in [-0.1, -0.05) is 6.92 Å². The quantitative estimate of drug-likeness (QED) is 0.865. The minimum absolute atomic E-state index is 0. The third kappa shape index (κ3) is 4.09. The molecule has 0 bridgehead atoms. The van der Waals surface area contributed by atoms with Crippen molar-refractivity contribution in [3.05, 3.63) is 24.3 Å². The lowest BCUT2D eigenvalue weighted by Gasteiger charge is -2.17. The standard InChI is InChI=1S/C13H19N3O3S.ClH/c1-10(9-14)13(17)15-11-3-5-12(6-4-11)16-7-2-8-20(16,18)19;/h3-6,10H,2,7-9,14H2,1H3,(H,15,17);1H. The fourth-order valence-corrected chi connectivity index (χ4v) is 3.58. The Balaban J connectivity index is 0.00000220. The molecule has 1 unspecified atom stereocenters. The summed E-state index contributed by atoms with van der Waals surface area (Å²) >= 11 is 0. The molecule has 1 aromatic carbocycles. The van der Waals surface area contributed by atoms with Crippen LogP contribution in [0.4, 0.5) is 11.4 Å². The Hall–Kier alpha value is -1.31. The first-order chi connectivity index (χ1) is 9.44. The molecule has 1 amide bonds. The number of amides is 1. The summed E-state index contributed by atoms with van der Waals surface area (Å²) in [6.45, 7) is 2.55. The van der Waals surface area contributed by atoms with Crippen molar-refractivity contribution in [1.82, 2.24) is 0 Å².